The number of aromatic nitrogens is 3. The molecule has 2 aromatic rings. The number of pyridine rings is 1. The second kappa shape index (κ2) is 7.60. The Hall–Kier alpha value is -1.82. The van der Waals surface area contributed by atoms with Crippen molar-refractivity contribution in [3.8, 4) is 0 Å². The van der Waals surface area contributed by atoms with Gasteiger partial charge in [-0.2, -0.15) is 5.10 Å². The topological polar surface area (TPSA) is 61.9 Å². The number of H-pyrrole nitrogens is 1. The Balaban J connectivity index is 1.50. The average Bonchev–Trinajstić information content (AvgIpc) is 3.36. The number of rotatable bonds is 4. The number of piperidine rings is 1. The molecule has 1 saturated heterocycles. The third kappa shape index (κ3) is 3.73. The molecule has 2 aliphatic rings. The summed E-state index contributed by atoms with van der Waals surface area (Å²) in [6.45, 7) is 1.58. The molecule has 1 amide bonds. The highest BCUT2D eigenvalue weighted by Crippen LogP contribution is 2.36. The van der Waals surface area contributed by atoms with Crippen molar-refractivity contribution < 1.29 is 4.79 Å². The molecule has 2 fully saturated rings. The Morgan fingerprint density at radius 1 is 1.16 bits per heavy atom. The molecule has 1 saturated carbocycles. The normalized spacial score (nSPS) is 21.6. The van der Waals surface area contributed by atoms with Gasteiger partial charge in [-0.25, -0.2) is 4.98 Å². The number of amides is 1. The van der Waals surface area contributed by atoms with Crippen LogP contribution in [0.1, 0.15) is 60.5 Å². The standard InChI is InChI=1S/C19H24N4OS/c24-19(23-12-4-5-14(13-23)17-9-11-21-22-17)16-8-3-10-20-18(16)25-15-6-1-2-7-15/h3,8-11,14-15H,1-2,4-7,12-13H2,(H,21,22). The summed E-state index contributed by atoms with van der Waals surface area (Å²) in [7, 11) is 0. The van der Waals surface area contributed by atoms with Crippen LogP contribution in [-0.2, 0) is 0 Å². The fraction of sp³-hybridized carbons (Fsp3) is 0.526. The number of carbonyl (C=O) groups excluding carboxylic acids is 1. The van der Waals surface area contributed by atoms with E-state index in [1.807, 2.05) is 23.1 Å². The van der Waals surface area contributed by atoms with Gasteiger partial charge in [0.2, 0.25) is 0 Å². The van der Waals surface area contributed by atoms with Gasteiger partial charge in [-0.1, -0.05) is 12.8 Å². The highest BCUT2D eigenvalue weighted by Gasteiger charge is 2.28. The molecule has 0 bridgehead atoms. The second-order valence-corrected chi connectivity index (χ2v) is 8.27. The average molecular weight is 356 g/mol. The molecule has 4 rings (SSSR count). The zero-order valence-corrected chi connectivity index (χ0v) is 15.2. The van der Waals surface area contributed by atoms with Gasteiger partial charge >= 0.3 is 0 Å². The fourth-order valence-electron chi connectivity index (χ4n) is 3.89. The first-order valence-corrected chi connectivity index (χ1v) is 10.1. The number of carbonyl (C=O) groups is 1. The maximum Gasteiger partial charge on any atom is 0.256 e. The van der Waals surface area contributed by atoms with Gasteiger partial charge in [0.15, 0.2) is 0 Å². The lowest BCUT2D eigenvalue weighted by Crippen LogP contribution is -2.39. The summed E-state index contributed by atoms with van der Waals surface area (Å²) in [5, 5.41) is 8.63. The summed E-state index contributed by atoms with van der Waals surface area (Å²) in [5.41, 5.74) is 1.90. The Morgan fingerprint density at radius 2 is 2.04 bits per heavy atom. The number of thioether (sulfide) groups is 1. The van der Waals surface area contributed by atoms with Crippen LogP contribution in [0.25, 0.3) is 0 Å². The lowest BCUT2D eigenvalue weighted by Gasteiger charge is -2.32. The Kier molecular flexibility index (Phi) is 5.06. The molecule has 25 heavy (non-hydrogen) atoms. The molecule has 2 aromatic heterocycles. The molecular formula is C19H24N4OS. The largest absolute Gasteiger partial charge is 0.338 e. The second-order valence-electron chi connectivity index (χ2n) is 6.98. The van der Waals surface area contributed by atoms with E-state index in [1.54, 1.807) is 24.2 Å². The number of nitrogens with one attached hydrogen (secondary N) is 1. The molecule has 3 heterocycles. The molecule has 1 N–H and O–H groups in total. The van der Waals surface area contributed by atoms with E-state index in [9.17, 15) is 4.79 Å². The molecular weight excluding hydrogens is 332 g/mol. The number of likely N-dealkylation sites (tertiary alicyclic amines) is 1. The van der Waals surface area contributed by atoms with E-state index in [-0.39, 0.29) is 5.91 Å². The SMILES string of the molecule is O=C(c1cccnc1SC1CCCC1)N1CCCC(c2ccn[nH]2)C1. The van der Waals surface area contributed by atoms with Crippen LogP contribution in [-0.4, -0.2) is 44.3 Å². The van der Waals surface area contributed by atoms with Crippen molar-refractivity contribution in [3.63, 3.8) is 0 Å². The van der Waals surface area contributed by atoms with Gasteiger partial charge in [-0.05, 0) is 43.9 Å². The van der Waals surface area contributed by atoms with E-state index >= 15 is 0 Å². The summed E-state index contributed by atoms with van der Waals surface area (Å²) in [5.74, 6) is 0.473. The molecule has 5 nitrogen and oxygen atoms in total. The van der Waals surface area contributed by atoms with Gasteiger partial charge in [0.1, 0.15) is 5.03 Å². The zero-order chi connectivity index (χ0) is 17.1. The molecule has 0 spiro atoms. The summed E-state index contributed by atoms with van der Waals surface area (Å²) < 4.78 is 0. The van der Waals surface area contributed by atoms with Crippen LogP contribution in [0.4, 0.5) is 0 Å². The Morgan fingerprint density at radius 3 is 2.84 bits per heavy atom. The lowest BCUT2D eigenvalue weighted by atomic mass is 9.94. The van der Waals surface area contributed by atoms with Crippen LogP contribution in [0, 0.1) is 0 Å². The summed E-state index contributed by atoms with van der Waals surface area (Å²) in [4.78, 5) is 19.7. The predicted molar refractivity (Wildman–Crippen MR) is 98.8 cm³/mol. The molecule has 132 valence electrons. The van der Waals surface area contributed by atoms with Gasteiger partial charge in [0, 0.05) is 42.3 Å². The Bertz CT molecular complexity index is 712. The minimum atomic E-state index is 0.123. The highest BCUT2D eigenvalue weighted by atomic mass is 32.2. The van der Waals surface area contributed by atoms with Crippen molar-refractivity contribution in [1.82, 2.24) is 20.1 Å². The third-order valence-electron chi connectivity index (χ3n) is 5.25. The van der Waals surface area contributed by atoms with Crippen molar-refractivity contribution in [3.05, 3.63) is 41.9 Å². The third-order valence-corrected chi connectivity index (χ3v) is 6.61. The van der Waals surface area contributed by atoms with Crippen LogP contribution < -0.4 is 0 Å². The quantitative estimate of drug-likeness (QED) is 0.903. The van der Waals surface area contributed by atoms with Crippen LogP contribution >= 0.6 is 11.8 Å². The van der Waals surface area contributed by atoms with Gasteiger partial charge in [0.25, 0.3) is 5.91 Å². The number of aromatic amines is 1. The number of hydrogen-bond donors (Lipinski definition) is 1. The first-order chi connectivity index (χ1) is 12.3. The van der Waals surface area contributed by atoms with Crippen molar-refractivity contribution >= 4 is 17.7 Å². The first kappa shape index (κ1) is 16.6. The Labute approximate surface area is 152 Å². The lowest BCUT2D eigenvalue weighted by molar-refractivity contribution is 0.0701. The highest BCUT2D eigenvalue weighted by molar-refractivity contribution is 7.99. The van der Waals surface area contributed by atoms with Crippen LogP contribution in [0.15, 0.2) is 35.6 Å². The molecule has 1 unspecified atom stereocenters. The van der Waals surface area contributed by atoms with Crippen molar-refractivity contribution in [2.45, 2.75) is 54.7 Å². The smallest absolute Gasteiger partial charge is 0.256 e. The maximum absolute atomic E-state index is 13.2. The van der Waals surface area contributed by atoms with E-state index < -0.39 is 0 Å². The van der Waals surface area contributed by atoms with Crippen LogP contribution in [0.5, 0.6) is 0 Å². The fourth-order valence-corrected chi connectivity index (χ4v) is 5.18. The van der Waals surface area contributed by atoms with Gasteiger partial charge in [-0.3, -0.25) is 9.89 Å². The summed E-state index contributed by atoms with van der Waals surface area (Å²) in [6, 6.07) is 5.83. The van der Waals surface area contributed by atoms with Crippen molar-refractivity contribution in [2.24, 2.45) is 0 Å². The van der Waals surface area contributed by atoms with E-state index in [2.05, 4.69) is 15.2 Å². The zero-order valence-electron chi connectivity index (χ0n) is 14.4. The van der Waals surface area contributed by atoms with Gasteiger partial charge in [0.05, 0.1) is 5.56 Å². The van der Waals surface area contributed by atoms with E-state index in [0.29, 0.717) is 11.2 Å². The maximum atomic E-state index is 13.2. The first-order valence-electron chi connectivity index (χ1n) is 9.21. The van der Waals surface area contributed by atoms with Crippen LogP contribution in [0.3, 0.4) is 0 Å². The molecule has 6 heteroatoms. The van der Waals surface area contributed by atoms with Crippen LogP contribution in [0.2, 0.25) is 0 Å². The molecule has 1 aliphatic heterocycles. The summed E-state index contributed by atoms with van der Waals surface area (Å²) in [6.07, 6.45) is 10.8. The van der Waals surface area contributed by atoms with E-state index in [4.69, 9.17) is 0 Å². The van der Waals surface area contributed by atoms with E-state index in [0.717, 1.165) is 42.2 Å². The minimum absolute atomic E-state index is 0.123. The van der Waals surface area contributed by atoms with Crippen molar-refractivity contribution in [1.29, 1.82) is 0 Å². The minimum Gasteiger partial charge on any atom is -0.338 e. The summed E-state index contributed by atoms with van der Waals surface area (Å²) >= 11 is 1.79. The molecule has 1 aliphatic carbocycles. The number of hydrogen-bond acceptors (Lipinski definition) is 4. The van der Waals surface area contributed by atoms with Gasteiger partial charge < -0.3 is 4.90 Å². The molecule has 0 radical (unpaired) electrons. The number of nitrogens with zero attached hydrogens (tertiary/aromatic N) is 3. The van der Waals surface area contributed by atoms with E-state index in [1.165, 1.54) is 25.7 Å². The monoisotopic (exact) mass is 356 g/mol. The van der Waals surface area contributed by atoms with Gasteiger partial charge in [-0.15, -0.1) is 11.8 Å². The van der Waals surface area contributed by atoms with Crippen molar-refractivity contribution in [2.75, 3.05) is 13.1 Å². The molecule has 0 aromatic carbocycles. The molecule has 1 atom stereocenters. The predicted octanol–water partition coefficient (Wildman–Crippen LogP) is 3.86.